The third-order valence-corrected chi connectivity index (χ3v) is 5.03. The number of hydrogen-bond donors (Lipinski definition) is 1. The molecule has 0 aromatic heterocycles. The van der Waals surface area contributed by atoms with E-state index in [9.17, 15) is 9.18 Å². The molecule has 2 fully saturated rings. The number of amides is 1. The fraction of sp³-hybridized carbons (Fsp3) is 0.833. The molecule has 148 valence electrons. The fourth-order valence-corrected chi connectivity index (χ4v) is 2.84. The standard InChI is InChI=1S/C18H31BFNO5/c1-15(2,3)24-14(22)21-18(8-10-23-11-9-18)12-13(20)19-25-16(4,5)17(6,7)26-19/h12H,8-11H2,1-7H3,(H,21,22). The van der Waals surface area contributed by atoms with E-state index < -0.39 is 41.3 Å². The van der Waals surface area contributed by atoms with Crippen LogP contribution < -0.4 is 5.32 Å². The average Bonchev–Trinajstić information content (AvgIpc) is 2.66. The summed E-state index contributed by atoms with van der Waals surface area (Å²) in [4.78, 5) is 12.3. The Morgan fingerprint density at radius 1 is 1.12 bits per heavy atom. The van der Waals surface area contributed by atoms with Gasteiger partial charge in [0.15, 0.2) is 0 Å². The summed E-state index contributed by atoms with van der Waals surface area (Å²) < 4.78 is 37.2. The van der Waals surface area contributed by atoms with Crippen molar-refractivity contribution in [3.05, 3.63) is 11.8 Å². The maximum atomic E-state index is 15.0. The number of carbonyl (C=O) groups excluding carboxylic acids is 1. The highest BCUT2D eigenvalue weighted by Crippen LogP contribution is 2.39. The van der Waals surface area contributed by atoms with Gasteiger partial charge < -0.3 is 24.1 Å². The van der Waals surface area contributed by atoms with Crippen LogP contribution in [0.1, 0.15) is 61.3 Å². The van der Waals surface area contributed by atoms with Crippen LogP contribution in [0.3, 0.4) is 0 Å². The predicted octanol–water partition coefficient (Wildman–Crippen LogP) is 3.55. The van der Waals surface area contributed by atoms with Crippen molar-refractivity contribution in [1.29, 1.82) is 0 Å². The summed E-state index contributed by atoms with van der Waals surface area (Å²) in [6.07, 6.45) is 1.69. The van der Waals surface area contributed by atoms with Gasteiger partial charge in [-0.2, -0.15) is 0 Å². The molecule has 0 aromatic rings. The van der Waals surface area contributed by atoms with Crippen molar-refractivity contribution in [2.45, 2.75) is 83.6 Å². The molecule has 0 aliphatic carbocycles. The first kappa shape index (κ1) is 21.2. The lowest BCUT2D eigenvalue weighted by atomic mass is 9.81. The maximum Gasteiger partial charge on any atom is 0.524 e. The van der Waals surface area contributed by atoms with Gasteiger partial charge in [-0.15, -0.1) is 0 Å². The van der Waals surface area contributed by atoms with Crippen LogP contribution in [0.2, 0.25) is 0 Å². The summed E-state index contributed by atoms with van der Waals surface area (Å²) in [6, 6.07) is 0. The van der Waals surface area contributed by atoms with E-state index in [0.717, 1.165) is 0 Å². The van der Waals surface area contributed by atoms with Gasteiger partial charge in [-0.3, -0.25) is 0 Å². The third-order valence-electron chi connectivity index (χ3n) is 5.03. The number of nitrogens with one attached hydrogen (secondary N) is 1. The molecule has 1 amide bonds. The molecule has 2 aliphatic rings. The molecule has 8 heteroatoms. The SMILES string of the molecule is CC(C)(C)OC(=O)NC1(C=C(F)B2OC(C)(C)C(C)(C)O2)CCOCC1. The minimum Gasteiger partial charge on any atom is -0.444 e. The van der Waals surface area contributed by atoms with Crippen LogP contribution in [-0.2, 0) is 18.8 Å². The minimum absolute atomic E-state index is 0.420. The first-order valence-electron chi connectivity index (χ1n) is 9.08. The highest BCUT2D eigenvalue weighted by Gasteiger charge is 2.53. The number of ether oxygens (including phenoxy) is 2. The summed E-state index contributed by atoms with van der Waals surface area (Å²) in [7, 11) is -1.10. The van der Waals surface area contributed by atoms with Gasteiger partial charge in [0.2, 0.25) is 0 Å². The van der Waals surface area contributed by atoms with Gasteiger partial charge in [0, 0.05) is 13.2 Å². The van der Waals surface area contributed by atoms with Crippen molar-refractivity contribution >= 4 is 13.2 Å². The average molecular weight is 371 g/mol. The summed E-state index contributed by atoms with van der Waals surface area (Å²) in [5.74, 6) is 0. The van der Waals surface area contributed by atoms with Crippen molar-refractivity contribution in [3.63, 3.8) is 0 Å². The molecule has 0 spiro atoms. The van der Waals surface area contributed by atoms with Crippen molar-refractivity contribution in [2.24, 2.45) is 0 Å². The van der Waals surface area contributed by atoms with Gasteiger partial charge in [0.05, 0.1) is 16.7 Å². The largest absolute Gasteiger partial charge is 0.524 e. The molecular weight excluding hydrogens is 340 g/mol. The van der Waals surface area contributed by atoms with Gasteiger partial charge in [0.25, 0.3) is 0 Å². The Morgan fingerprint density at radius 3 is 2.08 bits per heavy atom. The van der Waals surface area contributed by atoms with Gasteiger partial charge in [0.1, 0.15) is 11.3 Å². The van der Waals surface area contributed by atoms with E-state index in [4.69, 9.17) is 18.8 Å². The van der Waals surface area contributed by atoms with Crippen LogP contribution in [-0.4, -0.2) is 48.8 Å². The number of halogens is 1. The summed E-state index contributed by atoms with van der Waals surface area (Å²) in [5.41, 5.74) is -3.35. The third kappa shape index (κ3) is 4.99. The Labute approximate surface area is 155 Å². The minimum atomic E-state index is -1.10. The molecule has 0 radical (unpaired) electrons. The van der Waals surface area contributed by atoms with Gasteiger partial charge in [-0.25, -0.2) is 9.18 Å². The first-order valence-corrected chi connectivity index (χ1v) is 9.08. The molecule has 2 saturated heterocycles. The van der Waals surface area contributed by atoms with Crippen LogP contribution in [0.4, 0.5) is 9.18 Å². The smallest absolute Gasteiger partial charge is 0.444 e. The zero-order chi connectivity index (χ0) is 19.8. The van der Waals surface area contributed by atoms with E-state index in [1.54, 1.807) is 20.8 Å². The zero-order valence-electron chi connectivity index (χ0n) is 16.9. The number of carbonyl (C=O) groups is 1. The fourth-order valence-electron chi connectivity index (χ4n) is 2.84. The van der Waals surface area contributed by atoms with E-state index in [2.05, 4.69) is 5.32 Å². The van der Waals surface area contributed by atoms with Crippen LogP contribution in [0, 0.1) is 0 Å². The molecule has 0 saturated carbocycles. The molecule has 6 nitrogen and oxygen atoms in total. The Morgan fingerprint density at radius 2 is 1.62 bits per heavy atom. The lowest BCUT2D eigenvalue weighted by Gasteiger charge is -2.36. The van der Waals surface area contributed by atoms with Crippen LogP contribution in [0.15, 0.2) is 11.8 Å². The molecule has 2 heterocycles. The topological polar surface area (TPSA) is 66.0 Å². The molecule has 0 unspecified atom stereocenters. The second kappa shape index (κ2) is 7.13. The second-order valence-electron chi connectivity index (χ2n) is 9.01. The van der Waals surface area contributed by atoms with Crippen molar-refractivity contribution in [2.75, 3.05) is 13.2 Å². The molecule has 1 N–H and O–H groups in total. The molecule has 0 bridgehead atoms. The van der Waals surface area contributed by atoms with Crippen molar-refractivity contribution in [3.8, 4) is 0 Å². The van der Waals surface area contributed by atoms with Crippen LogP contribution in [0.25, 0.3) is 0 Å². The second-order valence-corrected chi connectivity index (χ2v) is 9.01. The number of rotatable bonds is 3. The lowest BCUT2D eigenvalue weighted by molar-refractivity contribution is 0.00578. The Hall–Kier alpha value is -1.12. The highest BCUT2D eigenvalue weighted by molar-refractivity contribution is 6.53. The van der Waals surface area contributed by atoms with Gasteiger partial charge >= 0.3 is 13.2 Å². The van der Waals surface area contributed by atoms with Gasteiger partial charge in [-0.05, 0) is 67.4 Å². The molecule has 26 heavy (non-hydrogen) atoms. The predicted molar refractivity (Wildman–Crippen MR) is 97.4 cm³/mol. The van der Waals surface area contributed by atoms with Gasteiger partial charge in [-0.1, -0.05) is 0 Å². The zero-order valence-corrected chi connectivity index (χ0v) is 16.9. The summed E-state index contributed by atoms with van der Waals surface area (Å²) in [5, 5.41) is 2.82. The molecule has 0 atom stereocenters. The monoisotopic (exact) mass is 371 g/mol. The lowest BCUT2D eigenvalue weighted by Crippen LogP contribution is -2.52. The molecular formula is C18H31BFNO5. The maximum absolute atomic E-state index is 15.0. The van der Waals surface area contributed by atoms with E-state index in [-0.39, 0.29) is 0 Å². The summed E-state index contributed by atoms with van der Waals surface area (Å²) in [6.45, 7) is 13.6. The number of hydrogen-bond acceptors (Lipinski definition) is 5. The van der Waals surface area contributed by atoms with Crippen molar-refractivity contribution in [1.82, 2.24) is 5.32 Å². The first-order chi connectivity index (χ1) is 11.8. The Balaban J connectivity index is 2.19. The normalized spacial score (nSPS) is 25.1. The Bertz CT molecular complexity index is 548. The van der Waals surface area contributed by atoms with Crippen molar-refractivity contribution < 1.29 is 28.0 Å². The molecule has 0 aromatic carbocycles. The highest BCUT2D eigenvalue weighted by atomic mass is 19.1. The van der Waals surface area contributed by atoms with E-state index in [1.165, 1.54) is 6.08 Å². The van der Waals surface area contributed by atoms with Crippen LogP contribution in [0.5, 0.6) is 0 Å². The summed E-state index contributed by atoms with van der Waals surface area (Å²) >= 11 is 0. The van der Waals surface area contributed by atoms with Crippen LogP contribution >= 0.6 is 0 Å². The molecule has 2 rings (SSSR count). The quantitative estimate of drug-likeness (QED) is 0.769. The van der Waals surface area contributed by atoms with E-state index >= 15 is 0 Å². The number of alkyl carbamates (subject to hydrolysis) is 1. The Kier molecular flexibility index (Phi) is 5.81. The van der Waals surface area contributed by atoms with E-state index in [1.807, 2.05) is 27.7 Å². The molecule has 2 aliphatic heterocycles. The van der Waals surface area contributed by atoms with E-state index in [0.29, 0.717) is 26.1 Å².